The van der Waals surface area contributed by atoms with E-state index >= 15 is 0 Å². The van der Waals surface area contributed by atoms with Crippen LogP contribution in [-0.4, -0.2) is 12.3 Å². The van der Waals surface area contributed by atoms with Crippen LogP contribution in [0.1, 0.15) is 25.3 Å². The molecule has 0 spiro atoms. The van der Waals surface area contributed by atoms with Crippen LogP contribution in [-0.2, 0) is 6.54 Å². The molecule has 0 heterocycles. The fourth-order valence-corrected chi connectivity index (χ4v) is 2.25. The lowest BCUT2D eigenvalue weighted by Crippen LogP contribution is -2.13. The normalized spacial score (nSPS) is 10.0. The molecule has 86 valence electrons. The van der Waals surface area contributed by atoms with Crippen molar-refractivity contribution in [3.63, 3.8) is 0 Å². The number of hydrogen-bond acceptors (Lipinski definition) is 2. The van der Waals surface area contributed by atoms with Crippen molar-refractivity contribution >= 4 is 11.8 Å². The Kier molecular flexibility index (Phi) is 6.80. The van der Waals surface area contributed by atoms with E-state index in [0.717, 1.165) is 25.3 Å². The third-order valence-electron chi connectivity index (χ3n) is 2.17. The molecule has 0 fully saturated rings. The van der Waals surface area contributed by atoms with Gasteiger partial charge in [-0.15, -0.1) is 24.1 Å². The minimum Gasteiger partial charge on any atom is -0.313 e. The quantitative estimate of drug-likeness (QED) is 0.440. The van der Waals surface area contributed by atoms with Crippen molar-refractivity contribution < 1.29 is 0 Å². The number of thioether (sulfide) groups is 1. The SMILES string of the molecule is C#CCCSc1cccc(CNCCC)c1. The lowest BCUT2D eigenvalue weighted by Gasteiger charge is -2.05. The summed E-state index contributed by atoms with van der Waals surface area (Å²) in [4.78, 5) is 1.31. The molecule has 1 aromatic rings. The molecule has 1 nitrogen and oxygen atoms in total. The van der Waals surface area contributed by atoms with E-state index in [-0.39, 0.29) is 0 Å². The Morgan fingerprint density at radius 1 is 1.44 bits per heavy atom. The lowest BCUT2D eigenvalue weighted by molar-refractivity contribution is 0.674. The van der Waals surface area contributed by atoms with Crippen LogP contribution in [0, 0.1) is 12.3 Å². The third kappa shape index (κ3) is 5.25. The van der Waals surface area contributed by atoms with Crippen molar-refractivity contribution in [2.75, 3.05) is 12.3 Å². The fourth-order valence-electron chi connectivity index (χ4n) is 1.38. The van der Waals surface area contributed by atoms with E-state index in [4.69, 9.17) is 6.42 Å². The van der Waals surface area contributed by atoms with Crippen molar-refractivity contribution in [1.29, 1.82) is 0 Å². The fraction of sp³-hybridized carbons (Fsp3) is 0.429. The summed E-state index contributed by atoms with van der Waals surface area (Å²) in [5.74, 6) is 3.66. The molecule has 0 amide bonds. The molecule has 0 aliphatic carbocycles. The number of hydrogen-bond donors (Lipinski definition) is 1. The molecule has 1 aromatic carbocycles. The first kappa shape index (κ1) is 13.2. The van der Waals surface area contributed by atoms with Crippen molar-refractivity contribution in [2.45, 2.75) is 31.2 Å². The minimum atomic E-state index is 0.836. The standard InChI is InChI=1S/C14H19NS/c1-3-5-10-16-14-8-6-7-13(11-14)12-15-9-4-2/h1,6-8,11,15H,4-5,9-10,12H2,2H3. The summed E-state index contributed by atoms with van der Waals surface area (Å²) in [6.45, 7) is 4.21. The highest BCUT2D eigenvalue weighted by atomic mass is 32.2. The molecule has 1 rings (SSSR count). The molecule has 0 radical (unpaired) electrons. The topological polar surface area (TPSA) is 12.0 Å². The first-order chi connectivity index (χ1) is 7.86. The summed E-state index contributed by atoms with van der Waals surface area (Å²) in [5.41, 5.74) is 1.35. The monoisotopic (exact) mass is 233 g/mol. The smallest absolute Gasteiger partial charge is 0.0205 e. The Morgan fingerprint density at radius 3 is 3.06 bits per heavy atom. The second-order valence-corrected chi connectivity index (χ2v) is 4.80. The van der Waals surface area contributed by atoms with E-state index in [0.29, 0.717) is 0 Å². The van der Waals surface area contributed by atoms with Crippen LogP contribution in [0.2, 0.25) is 0 Å². The van der Waals surface area contributed by atoms with Crippen LogP contribution >= 0.6 is 11.8 Å². The largest absolute Gasteiger partial charge is 0.313 e. The van der Waals surface area contributed by atoms with Crippen LogP contribution < -0.4 is 5.32 Å². The van der Waals surface area contributed by atoms with Crippen molar-refractivity contribution in [3.05, 3.63) is 29.8 Å². The Labute approximate surface area is 103 Å². The van der Waals surface area contributed by atoms with Gasteiger partial charge in [0.05, 0.1) is 0 Å². The van der Waals surface area contributed by atoms with Gasteiger partial charge >= 0.3 is 0 Å². The van der Waals surface area contributed by atoms with Crippen molar-refractivity contribution in [2.24, 2.45) is 0 Å². The summed E-state index contributed by atoms with van der Waals surface area (Å²) < 4.78 is 0. The summed E-state index contributed by atoms with van der Waals surface area (Å²) in [6, 6.07) is 8.66. The van der Waals surface area contributed by atoms with E-state index in [1.54, 1.807) is 0 Å². The molecule has 0 aliphatic heterocycles. The van der Waals surface area contributed by atoms with Gasteiger partial charge in [0.25, 0.3) is 0 Å². The van der Waals surface area contributed by atoms with E-state index in [9.17, 15) is 0 Å². The van der Waals surface area contributed by atoms with Gasteiger partial charge in [0.1, 0.15) is 0 Å². The zero-order valence-electron chi connectivity index (χ0n) is 9.83. The number of rotatable bonds is 7. The van der Waals surface area contributed by atoms with Gasteiger partial charge in [0.15, 0.2) is 0 Å². The Hall–Kier alpha value is -0.910. The highest BCUT2D eigenvalue weighted by Crippen LogP contribution is 2.19. The predicted octanol–water partition coefficient (Wildman–Crippen LogP) is 3.30. The lowest BCUT2D eigenvalue weighted by atomic mass is 10.2. The van der Waals surface area contributed by atoms with E-state index in [2.05, 4.69) is 42.4 Å². The van der Waals surface area contributed by atoms with Gasteiger partial charge in [-0.2, -0.15) is 0 Å². The van der Waals surface area contributed by atoms with E-state index in [1.807, 2.05) is 11.8 Å². The maximum absolute atomic E-state index is 5.23. The molecule has 0 aromatic heterocycles. The second-order valence-electron chi connectivity index (χ2n) is 3.63. The molecule has 0 aliphatic rings. The highest BCUT2D eigenvalue weighted by Gasteiger charge is 1.96. The second kappa shape index (κ2) is 8.27. The Morgan fingerprint density at radius 2 is 2.31 bits per heavy atom. The molecular formula is C14H19NS. The average molecular weight is 233 g/mol. The first-order valence-electron chi connectivity index (χ1n) is 5.72. The van der Waals surface area contributed by atoms with Gasteiger partial charge in [0, 0.05) is 23.6 Å². The van der Waals surface area contributed by atoms with Crippen LogP contribution in [0.15, 0.2) is 29.2 Å². The van der Waals surface area contributed by atoms with Gasteiger partial charge in [0.2, 0.25) is 0 Å². The molecule has 0 atom stereocenters. The number of nitrogens with one attached hydrogen (secondary N) is 1. The maximum Gasteiger partial charge on any atom is 0.0205 e. The minimum absolute atomic E-state index is 0.836. The number of benzene rings is 1. The summed E-state index contributed by atoms with van der Waals surface area (Å²) in [5, 5.41) is 3.40. The summed E-state index contributed by atoms with van der Waals surface area (Å²) in [7, 11) is 0. The highest BCUT2D eigenvalue weighted by molar-refractivity contribution is 7.99. The van der Waals surface area contributed by atoms with Gasteiger partial charge in [-0.05, 0) is 30.7 Å². The number of terminal acetylenes is 1. The Bertz CT molecular complexity index is 341. The van der Waals surface area contributed by atoms with Crippen LogP contribution in [0.4, 0.5) is 0 Å². The van der Waals surface area contributed by atoms with Crippen molar-refractivity contribution in [3.8, 4) is 12.3 Å². The van der Waals surface area contributed by atoms with Crippen LogP contribution in [0.5, 0.6) is 0 Å². The third-order valence-corrected chi connectivity index (χ3v) is 3.16. The zero-order chi connectivity index (χ0) is 11.6. The molecule has 0 unspecified atom stereocenters. The summed E-state index contributed by atoms with van der Waals surface area (Å²) >= 11 is 1.83. The van der Waals surface area contributed by atoms with E-state index < -0.39 is 0 Å². The van der Waals surface area contributed by atoms with Crippen LogP contribution in [0.3, 0.4) is 0 Å². The van der Waals surface area contributed by atoms with Gasteiger partial charge in [-0.1, -0.05) is 19.1 Å². The summed E-state index contributed by atoms with van der Waals surface area (Å²) in [6.07, 6.45) is 7.24. The van der Waals surface area contributed by atoms with E-state index in [1.165, 1.54) is 16.9 Å². The molecule has 2 heteroatoms. The molecule has 0 bridgehead atoms. The molecule has 1 N–H and O–H groups in total. The zero-order valence-corrected chi connectivity index (χ0v) is 10.6. The maximum atomic E-state index is 5.23. The van der Waals surface area contributed by atoms with Gasteiger partial charge in [-0.3, -0.25) is 0 Å². The molecule has 0 saturated carbocycles. The van der Waals surface area contributed by atoms with Crippen molar-refractivity contribution in [1.82, 2.24) is 5.32 Å². The predicted molar refractivity (Wildman–Crippen MR) is 72.6 cm³/mol. The van der Waals surface area contributed by atoms with Gasteiger partial charge in [-0.25, -0.2) is 0 Å². The Balaban J connectivity index is 2.41. The average Bonchev–Trinajstić information content (AvgIpc) is 2.30. The first-order valence-corrected chi connectivity index (χ1v) is 6.71. The molecule has 0 saturated heterocycles. The molecular weight excluding hydrogens is 214 g/mol. The van der Waals surface area contributed by atoms with Crippen LogP contribution in [0.25, 0.3) is 0 Å². The molecule has 16 heavy (non-hydrogen) atoms. The van der Waals surface area contributed by atoms with Gasteiger partial charge < -0.3 is 5.32 Å².